The highest BCUT2D eigenvalue weighted by Gasteiger charge is 2.40. The van der Waals surface area contributed by atoms with Gasteiger partial charge in [0.15, 0.2) is 5.76 Å². The van der Waals surface area contributed by atoms with E-state index in [-0.39, 0.29) is 11.8 Å². The molecule has 0 unspecified atom stereocenters. The molecule has 3 aromatic rings. The van der Waals surface area contributed by atoms with E-state index in [4.69, 9.17) is 8.94 Å². The van der Waals surface area contributed by atoms with Crippen molar-refractivity contribution >= 4 is 0 Å². The molecule has 164 valence electrons. The summed E-state index contributed by atoms with van der Waals surface area (Å²) in [6, 6.07) is 12.1. The highest BCUT2D eigenvalue weighted by molar-refractivity contribution is 5.58. The molecule has 2 aliphatic rings. The minimum Gasteiger partial charge on any atom is -0.425 e. The van der Waals surface area contributed by atoms with Crippen LogP contribution in [0.3, 0.4) is 0 Å². The Hall–Kier alpha value is -2.72. The van der Waals surface area contributed by atoms with E-state index in [1.807, 2.05) is 36.4 Å². The molecule has 1 N–H and O–H groups in total. The molecule has 1 aliphatic carbocycles. The molecule has 3 heterocycles. The minimum absolute atomic E-state index is 0.108. The molecule has 10 heteroatoms. The van der Waals surface area contributed by atoms with Crippen molar-refractivity contribution < 1.29 is 22.1 Å². The zero-order valence-electron chi connectivity index (χ0n) is 16.7. The van der Waals surface area contributed by atoms with Gasteiger partial charge in [-0.3, -0.25) is 4.90 Å². The lowest BCUT2D eigenvalue weighted by Gasteiger charge is -2.37. The second-order valence-electron chi connectivity index (χ2n) is 8.28. The Labute approximate surface area is 176 Å². The van der Waals surface area contributed by atoms with Gasteiger partial charge in [0.05, 0.1) is 19.0 Å². The standard InChI is InChI=1S/C21H22F3N5O2/c22-21(23,24)12-29-10-15(11-29)20-27-26-19(30-20)14-6-16(7-14)25-9-17-8-18(28-31-17)13-4-2-1-3-5-13/h1-5,8,14-16,25H,6-7,9-12H2. The maximum atomic E-state index is 12.4. The molecule has 0 amide bonds. The van der Waals surface area contributed by atoms with E-state index in [0.717, 1.165) is 29.9 Å². The third-order valence-corrected chi connectivity index (χ3v) is 5.85. The first kappa shape index (κ1) is 20.2. The van der Waals surface area contributed by atoms with Gasteiger partial charge >= 0.3 is 6.18 Å². The summed E-state index contributed by atoms with van der Waals surface area (Å²) in [5.41, 5.74) is 1.83. The zero-order chi connectivity index (χ0) is 21.4. The Bertz CT molecular complexity index is 1010. The number of rotatable bonds is 7. The van der Waals surface area contributed by atoms with Gasteiger partial charge in [-0.15, -0.1) is 10.2 Å². The van der Waals surface area contributed by atoms with Gasteiger partial charge in [0.2, 0.25) is 11.8 Å². The van der Waals surface area contributed by atoms with Crippen molar-refractivity contribution in [3.8, 4) is 11.3 Å². The number of nitrogens with one attached hydrogen (secondary N) is 1. The monoisotopic (exact) mass is 433 g/mol. The number of benzene rings is 1. The molecule has 0 spiro atoms. The van der Waals surface area contributed by atoms with Crippen molar-refractivity contribution in [2.45, 2.75) is 43.4 Å². The summed E-state index contributed by atoms with van der Waals surface area (Å²) in [5.74, 6) is 1.87. The highest BCUT2D eigenvalue weighted by atomic mass is 19.4. The van der Waals surface area contributed by atoms with Gasteiger partial charge in [0.25, 0.3) is 0 Å². The van der Waals surface area contributed by atoms with Crippen molar-refractivity contribution in [2.75, 3.05) is 19.6 Å². The van der Waals surface area contributed by atoms with Gasteiger partial charge < -0.3 is 14.3 Å². The number of nitrogens with zero attached hydrogens (tertiary/aromatic N) is 4. The number of aromatic nitrogens is 3. The second-order valence-corrected chi connectivity index (χ2v) is 8.28. The third-order valence-electron chi connectivity index (χ3n) is 5.85. The van der Waals surface area contributed by atoms with Crippen LogP contribution in [0.15, 0.2) is 45.3 Å². The van der Waals surface area contributed by atoms with Crippen LogP contribution in [-0.4, -0.2) is 52.1 Å². The van der Waals surface area contributed by atoms with E-state index in [1.165, 1.54) is 4.90 Å². The quantitative estimate of drug-likeness (QED) is 0.608. The summed E-state index contributed by atoms with van der Waals surface area (Å²) in [4.78, 5) is 1.34. The Morgan fingerprint density at radius 2 is 1.74 bits per heavy atom. The maximum absolute atomic E-state index is 12.4. The normalized spacial score (nSPS) is 22.3. The van der Waals surface area contributed by atoms with Crippen LogP contribution in [0.25, 0.3) is 11.3 Å². The number of hydrogen-bond donors (Lipinski definition) is 1. The lowest BCUT2D eigenvalue weighted by Crippen LogP contribution is -2.49. The average molecular weight is 433 g/mol. The largest absolute Gasteiger partial charge is 0.425 e. The summed E-state index contributed by atoms with van der Waals surface area (Å²) in [7, 11) is 0. The molecular formula is C21H22F3N5O2. The van der Waals surface area contributed by atoms with Crippen LogP contribution in [0.4, 0.5) is 13.2 Å². The summed E-state index contributed by atoms with van der Waals surface area (Å²) in [6.07, 6.45) is -2.44. The van der Waals surface area contributed by atoms with E-state index in [9.17, 15) is 13.2 Å². The number of alkyl halides is 3. The fourth-order valence-corrected chi connectivity index (χ4v) is 4.06. The van der Waals surface area contributed by atoms with Crippen molar-refractivity contribution in [3.05, 3.63) is 53.9 Å². The van der Waals surface area contributed by atoms with Crippen molar-refractivity contribution in [3.63, 3.8) is 0 Å². The molecule has 1 aliphatic heterocycles. The number of likely N-dealkylation sites (tertiary alicyclic amines) is 1. The Kier molecular flexibility index (Phi) is 5.27. The molecule has 1 saturated heterocycles. The SMILES string of the molecule is FC(F)(F)CN1CC(c2nnc(C3CC(NCc4cc(-c5ccccc5)no4)C3)o2)C1. The molecule has 7 nitrogen and oxygen atoms in total. The molecule has 1 aromatic carbocycles. The van der Waals surface area contributed by atoms with Gasteiger partial charge in [-0.05, 0) is 12.8 Å². The van der Waals surface area contributed by atoms with E-state index < -0.39 is 12.7 Å². The van der Waals surface area contributed by atoms with Gasteiger partial charge in [-0.1, -0.05) is 35.5 Å². The Morgan fingerprint density at radius 3 is 2.45 bits per heavy atom. The van der Waals surface area contributed by atoms with Crippen molar-refractivity contribution in [1.82, 2.24) is 25.6 Å². The van der Waals surface area contributed by atoms with Crippen LogP contribution < -0.4 is 5.32 Å². The van der Waals surface area contributed by atoms with E-state index in [0.29, 0.717) is 37.5 Å². The van der Waals surface area contributed by atoms with Gasteiger partial charge in [-0.25, -0.2) is 0 Å². The predicted molar refractivity (Wildman–Crippen MR) is 104 cm³/mol. The first-order chi connectivity index (χ1) is 14.9. The second kappa shape index (κ2) is 8.08. The summed E-state index contributed by atoms with van der Waals surface area (Å²) < 4.78 is 48.4. The summed E-state index contributed by atoms with van der Waals surface area (Å²) in [5, 5.41) is 15.7. The smallest absolute Gasteiger partial charge is 0.401 e. The molecule has 0 atom stereocenters. The first-order valence-corrected chi connectivity index (χ1v) is 10.3. The minimum atomic E-state index is -4.17. The Morgan fingerprint density at radius 1 is 1.03 bits per heavy atom. The van der Waals surface area contributed by atoms with Gasteiger partial charge in [0.1, 0.15) is 5.69 Å². The molecule has 0 bridgehead atoms. The summed E-state index contributed by atoms with van der Waals surface area (Å²) >= 11 is 0. The molecule has 2 fully saturated rings. The molecule has 31 heavy (non-hydrogen) atoms. The van der Waals surface area contributed by atoms with Crippen LogP contribution in [-0.2, 0) is 6.54 Å². The van der Waals surface area contributed by atoms with Crippen LogP contribution >= 0.6 is 0 Å². The molecule has 0 radical (unpaired) electrons. The number of halogens is 3. The lowest BCUT2D eigenvalue weighted by atomic mass is 9.80. The van der Waals surface area contributed by atoms with Gasteiger partial charge in [0, 0.05) is 36.7 Å². The van der Waals surface area contributed by atoms with Crippen LogP contribution in [0.5, 0.6) is 0 Å². The zero-order valence-corrected chi connectivity index (χ0v) is 16.7. The number of hydrogen-bond acceptors (Lipinski definition) is 7. The van der Waals surface area contributed by atoms with Crippen molar-refractivity contribution in [1.29, 1.82) is 0 Å². The van der Waals surface area contributed by atoms with E-state index in [1.54, 1.807) is 0 Å². The van der Waals surface area contributed by atoms with E-state index in [2.05, 4.69) is 20.7 Å². The molecule has 2 aromatic heterocycles. The predicted octanol–water partition coefficient (Wildman–Crippen LogP) is 3.72. The lowest BCUT2D eigenvalue weighted by molar-refractivity contribution is -0.155. The molecule has 5 rings (SSSR count). The first-order valence-electron chi connectivity index (χ1n) is 10.3. The maximum Gasteiger partial charge on any atom is 0.401 e. The molecule has 1 saturated carbocycles. The summed E-state index contributed by atoms with van der Waals surface area (Å²) in [6.45, 7) is 0.304. The average Bonchev–Trinajstić information content (AvgIpc) is 3.33. The van der Waals surface area contributed by atoms with Gasteiger partial charge in [-0.2, -0.15) is 13.2 Å². The highest BCUT2D eigenvalue weighted by Crippen LogP contribution is 2.38. The van der Waals surface area contributed by atoms with Crippen LogP contribution in [0.2, 0.25) is 0 Å². The topological polar surface area (TPSA) is 80.2 Å². The third kappa shape index (κ3) is 4.64. The van der Waals surface area contributed by atoms with Crippen LogP contribution in [0.1, 0.15) is 42.2 Å². The van der Waals surface area contributed by atoms with E-state index >= 15 is 0 Å². The fraction of sp³-hybridized carbons (Fsp3) is 0.476. The molecular weight excluding hydrogens is 411 g/mol. The van der Waals surface area contributed by atoms with Crippen molar-refractivity contribution in [2.24, 2.45) is 0 Å². The van der Waals surface area contributed by atoms with Crippen LogP contribution in [0, 0.1) is 0 Å². The fourth-order valence-electron chi connectivity index (χ4n) is 4.06. The Balaban J connectivity index is 1.06.